The summed E-state index contributed by atoms with van der Waals surface area (Å²) in [5, 5.41) is 7.70. The van der Waals surface area contributed by atoms with Crippen LogP contribution in [0.3, 0.4) is 0 Å². The van der Waals surface area contributed by atoms with Gasteiger partial charge in [0.2, 0.25) is 5.91 Å². The van der Waals surface area contributed by atoms with Crippen LogP contribution in [0.5, 0.6) is 0 Å². The second-order valence-corrected chi connectivity index (χ2v) is 6.97. The van der Waals surface area contributed by atoms with Gasteiger partial charge in [0.25, 0.3) is 0 Å². The quantitative estimate of drug-likeness (QED) is 0.562. The molecule has 1 aliphatic carbocycles. The number of para-hydroxylation sites is 1. The Hall–Kier alpha value is -2.27. The van der Waals surface area contributed by atoms with Crippen molar-refractivity contribution >= 4 is 34.8 Å². The van der Waals surface area contributed by atoms with Gasteiger partial charge >= 0.3 is 0 Å². The molecular weight excluding hydrogens is 306 g/mol. The predicted molar refractivity (Wildman–Crippen MR) is 93.4 cm³/mol. The zero-order valence-corrected chi connectivity index (χ0v) is 13.6. The Kier molecular flexibility index (Phi) is 3.58. The summed E-state index contributed by atoms with van der Waals surface area (Å²) in [6.45, 7) is 1.92. The minimum Gasteiger partial charge on any atom is -0.354 e. The van der Waals surface area contributed by atoms with Crippen molar-refractivity contribution in [1.82, 2.24) is 5.43 Å². The van der Waals surface area contributed by atoms with Crippen molar-refractivity contribution < 1.29 is 4.79 Å². The van der Waals surface area contributed by atoms with E-state index in [0.29, 0.717) is 0 Å². The molecule has 2 aromatic carbocycles. The Morgan fingerprint density at radius 1 is 1.17 bits per heavy atom. The smallest absolute Gasteiger partial charge is 0.243 e. The minimum atomic E-state index is 0.0323. The van der Waals surface area contributed by atoms with Crippen LogP contribution in [0.25, 0.3) is 0 Å². The topological polar surface area (TPSA) is 53.5 Å². The van der Waals surface area contributed by atoms with Crippen molar-refractivity contribution in [3.63, 3.8) is 0 Å². The summed E-state index contributed by atoms with van der Waals surface area (Å²) in [4.78, 5) is 14.1. The average molecular weight is 323 g/mol. The highest BCUT2D eigenvalue weighted by Gasteiger charge is 2.29. The Labute approximate surface area is 139 Å². The molecule has 0 saturated heterocycles. The molecule has 0 atom stereocenters. The first-order valence-electron chi connectivity index (χ1n) is 7.73. The van der Waals surface area contributed by atoms with Crippen LogP contribution in [0.4, 0.5) is 11.4 Å². The highest BCUT2D eigenvalue weighted by molar-refractivity contribution is 7.99. The monoisotopic (exact) mass is 323 g/mol. The van der Waals surface area contributed by atoms with E-state index >= 15 is 0 Å². The summed E-state index contributed by atoms with van der Waals surface area (Å²) in [5.41, 5.74) is 6.68. The van der Waals surface area contributed by atoms with Gasteiger partial charge in [0.1, 0.15) is 0 Å². The number of benzene rings is 2. The fraction of sp³-hybridized carbons (Fsp3) is 0.222. The van der Waals surface area contributed by atoms with E-state index in [4.69, 9.17) is 0 Å². The van der Waals surface area contributed by atoms with Gasteiger partial charge in [-0.1, -0.05) is 30.0 Å². The molecule has 4 rings (SSSR count). The van der Waals surface area contributed by atoms with Crippen molar-refractivity contribution in [2.75, 3.05) is 5.32 Å². The number of nitrogens with zero attached hydrogens (tertiary/aromatic N) is 1. The molecule has 5 heteroatoms. The third kappa shape index (κ3) is 2.97. The van der Waals surface area contributed by atoms with Gasteiger partial charge in [0, 0.05) is 15.7 Å². The number of hydrazone groups is 1. The maximum absolute atomic E-state index is 11.7. The summed E-state index contributed by atoms with van der Waals surface area (Å²) in [6, 6.07) is 14.5. The fourth-order valence-electron chi connectivity index (χ4n) is 2.50. The number of hydrogen-bond donors (Lipinski definition) is 2. The molecule has 2 aromatic rings. The van der Waals surface area contributed by atoms with Crippen molar-refractivity contribution in [2.24, 2.45) is 11.0 Å². The van der Waals surface area contributed by atoms with Crippen LogP contribution >= 0.6 is 11.8 Å². The van der Waals surface area contributed by atoms with Crippen LogP contribution in [-0.4, -0.2) is 11.6 Å². The average Bonchev–Trinajstić information content (AvgIpc) is 3.42. The minimum absolute atomic E-state index is 0.0323. The predicted octanol–water partition coefficient (Wildman–Crippen LogP) is 4.15. The van der Waals surface area contributed by atoms with Gasteiger partial charge in [-0.3, -0.25) is 4.79 Å². The standard InChI is InChI=1S/C18H17N3OS/c1-11(20-21-18(22)12-6-7-12)13-8-9-17-15(10-13)19-14-4-2-3-5-16(14)23-17/h2-5,8-10,12,19H,6-7H2,1H3,(H,21,22)/b20-11+. The summed E-state index contributed by atoms with van der Waals surface area (Å²) in [6.07, 6.45) is 1.97. The van der Waals surface area contributed by atoms with Crippen LogP contribution in [0.15, 0.2) is 57.4 Å². The molecule has 1 aliphatic heterocycles. The zero-order valence-electron chi connectivity index (χ0n) is 12.8. The third-order valence-corrected chi connectivity index (χ3v) is 5.21. The summed E-state index contributed by atoms with van der Waals surface area (Å²) in [7, 11) is 0. The van der Waals surface area contributed by atoms with E-state index in [1.165, 1.54) is 9.79 Å². The van der Waals surface area contributed by atoms with Gasteiger partial charge in [-0.15, -0.1) is 0 Å². The van der Waals surface area contributed by atoms with Gasteiger partial charge in [0.05, 0.1) is 17.1 Å². The van der Waals surface area contributed by atoms with E-state index < -0.39 is 0 Å². The van der Waals surface area contributed by atoms with Crippen LogP contribution in [0, 0.1) is 5.92 Å². The SMILES string of the molecule is C/C(=N\NC(=O)C1CC1)c1ccc2c(c1)Nc1ccccc1S2. The van der Waals surface area contributed by atoms with Crippen molar-refractivity contribution in [3.8, 4) is 0 Å². The fourth-order valence-corrected chi connectivity index (χ4v) is 3.47. The first kappa shape index (κ1) is 14.3. The molecule has 0 unspecified atom stereocenters. The molecule has 0 spiro atoms. The lowest BCUT2D eigenvalue weighted by atomic mass is 10.1. The lowest BCUT2D eigenvalue weighted by Gasteiger charge is -2.21. The summed E-state index contributed by atoms with van der Waals surface area (Å²) in [5.74, 6) is 0.203. The molecule has 2 aliphatic rings. The number of fused-ring (bicyclic) bond motifs is 2. The number of nitrogens with one attached hydrogen (secondary N) is 2. The van der Waals surface area contributed by atoms with Crippen LogP contribution < -0.4 is 10.7 Å². The van der Waals surface area contributed by atoms with Crippen LogP contribution in [0.2, 0.25) is 0 Å². The number of rotatable bonds is 3. The molecule has 0 radical (unpaired) electrons. The Bertz CT molecular complexity index is 812. The number of amides is 1. The molecule has 4 nitrogen and oxygen atoms in total. The van der Waals surface area contributed by atoms with Gasteiger partial charge < -0.3 is 5.32 Å². The highest BCUT2D eigenvalue weighted by atomic mass is 32.2. The largest absolute Gasteiger partial charge is 0.354 e. The zero-order chi connectivity index (χ0) is 15.8. The Morgan fingerprint density at radius 2 is 1.96 bits per heavy atom. The molecule has 116 valence electrons. The van der Waals surface area contributed by atoms with E-state index in [-0.39, 0.29) is 11.8 Å². The molecule has 0 bridgehead atoms. The van der Waals surface area contributed by atoms with E-state index in [2.05, 4.69) is 40.1 Å². The van der Waals surface area contributed by atoms with E-state index in [9.17, 15) is 4.79 Å². The molecule has 0 aromatic heterocycles. The van der Waals surface area contributed by atoms with E-state index in [0.717, 1.165) is 35.5 Å². The maximum atomic E-state index is 11.7. The number of carbonyl (C=O) groups excluding carboxylic acids is 1. The first-order valence-corrected chi connectivity index (χ1v) is 8.55. The van der Waals surface area contributed by atoms with Crippen molar-refractivity contribution in [2.45, 2.75) is 29.6 Å². The molecule has 1 amide bonds. The summed E-state index contributed by atoms with van der Waals surface area (Å²) < 4.78 is 0. The van der Waals surface area contributed by atoms with Crippen molar-refractivity contribution in [3.05, 3.63) is 48.0 Å². The van der Waals surface area contributed by atoms with Gasteiger partial charge in [-0.05, 0) is 49.6 Å². The highest BCUT2D eigenvalue weighted by Crippen LogP contribution is 2.44. The van der Waals surface area contributed by atoms with E-state index in [1.807, 2.05) is 25.1 Å². The molecule has 1 saturated carbocycles. The van der Waals surface area contributed by atoms with Crippen molar-refractivity contribution in [1.29, 1.82) is 0 Å². The molecular formula is C18H17N3OS. The maximum Gasteiger partial charge on any atom is 0.243 e. The molecule has 2 N–H and O–H groups in total. The van der Waals surface area contributed by atoms with Gasteiger partial charge in [-0.2, -0.15) is 5.10 Å². The number of hydrogen-bond acceptors (Lipinski definition) is 4. The third-order valence-electron chi connectivity index (χ3n) is 4.06. The van der Waals surface area contributed by atoms with Crippen LogP contribution in [-0.2, 0) is 4.79 Å². The number of carbonyl (C=O) groups is 1. The normalized spacial score (nSPS) is 16.1. The molecule has 1 fully saturated rings. The lowest BCUT2D eigenvalue weighted by Crippen LogP contribution is -2.20. The Morgan fingerprint density at radius 3 is 2.78 bits per heavy atom. The molecule has 23 heavy (non-hydrogen) atoms. The lowest BCUT2D eigenvalue weighted by molar-refractivity contribution is -0.122. The van der Waals surface area contributed by atoms with E-state index in [1.54, 1.807) is 11.8 Å². The number of anilines is 2. The van der Waals surface area contributed by atoms with Crippen LogP contribution in [0.1, 0.15) is 25.3 Å². The summed E-state index contributed by atoms with van der Waals surface area (Å²) >= 11 is 1.76. The second kappa shape index (κ2) is 5.74. The van der Waals surface area contributed by atoms with Gasteiger partial charge in [0.15, 0.2) is 0 Å². The molecule has 1 heterocycles. The first-order chi connectivity index (χ1) is 11.2. The second-order valence-electron chi connectivity index (χ2n) is 5.88. The van der Waals surface area contributed by atoms with Gasteiger partial charge in [-0.25, -0.2) is 5.43 Å². The Balaban J connectivity index is 1.55.